The number of carbonyl (C=O) groups is 2. The van der Waals surface area contributed by atoms with Crippen molar-refractivity contribution in [3.63, 3.8) is 0 Å². The van der Waals surface area contributed by atoms with E-state index in [4.69, 9.17) is 4.98 Å². The van der Waals surface area contributed by atoms with Gasteiger partial charge in [0, 0.05) is 45.0 Å². The molecule has 3 atom stereocenters. The molecule has 4 aliphatic carbocycles. The summed E-state index contributed by atoms with van der Waals surface area (Å²) in [6, 6.07) is 9.67. The van der Waals surface area contributed by atoms with Gasteiger partial charge in [-0.3, -0.25) is 9.59 Å². The van der Waals surface area contributed by atoms with Crippen molar-refractivity contribution in [2.24, 2.45) is 17.8 Å². The smallest absolute Gasteiger partial charge is 0.270 e. The van der Waals surface area contributed by atoms with Gasteiger partial charge in [0.2, 0.25) is 0 Å². The molecule has 1 aliphatic heterocycles. The monoisotopic (exact) mass is 504 g/mol. The molecular weight excluding hydrogens is 468 g/mol. The largest absolute Gasteiger partial charge is 0.390 e. The predicted molar refractivity (Wildman–Crippen MR) is 141 cm³/mol. The fourth-order valence-corrected chi connectivity index (χ4v) is 7.51. The van der Waals surface area contributed by atoms with Gasteiger partial charge in [-0.15, -0.1) is 0 Å². The van der Waals surface area contributed by atoms with Crippen molar-refractivity contribution in [2.75, 3.05) is 36.5 Å². The molecule has 4 bridgehead atoms. The highest BCUT2D eigenvalue weighted by Gasteiger charge is 2.55. The molecule has 0 radical (unpaired) electrons. The Morgan fingerprint density at radius 2 is 1.81 bits per heavy atom. The van der Waals surface area contributed by atoms with Gasteiger partial charge in [0.1, 0.15) is 17.3 Å². The van der Waals surface area contributed by atoms with Crippen LogP contribution in [0.5, 0.6) is 0 Å². The van der Waals surface area contributed by atoms with E-state index in [2.05, 4.69) is 32.3 Å². The Labute approximate surface area is 217 Å². The average molecular weight is 505 g/mol. The molecule has 2 amide bonds. The van der Waals surface area contributed by atoms with Crippen molar-refractivity contribution in [1.82, 2.24) is 20.6 Å². The lowest BCUT2D eigenvalue weighted by Crippen LogP contribution is -2.61. The van der Waals surface area contributed by atoms with E-state index in [1.807, 2.05) is 18.2 Å². The molecule has 5 fully saturated rings. The maximum absolute atomic E-state index is 13.3. The van der Waals surface area contributed by atoms with E-state index in [0.29, 0.717) is 29.0 Å². The normalized spacial score (nSPS) is 32.4. The molecule has 3 heterocycles. The summed E-state index contributed by atoms with van der Waals surface area (Å²) in [6.07, 6.45) is 6.39. The summed E-state index contributed by atoms with van der Waals surface area (Å²) < 4.78 is 0. The molecule has 0 spiro atoms. The Balaban J connectivity index is 1.10. The first-order valence-electron chi connectivity index (χ1n) is 13.5. The summed E-state index contributed by atoms with van der Waals surface area (Å²) in [5.41, 5.74) is 0.489. The minimum absolute atomic E-state index is 0.113. The number of hydrogen-bond donors (Lipinski definition) is 3. The lowest BCUT2D eigenvalue weighted by Gasteiger charge is -2.58. The molecule has 5 aliphatic rings. The van der Waals surface area contributed by atoms with Gasteiger partial charge in [0.05, 0.1) is 11.2 Å². The van der Waals surface area contributed by atoms with Crippen LogP contribution in [0.25, 0.3) is 0 Å². The van der Waals surface area contributed by atoms with Gasteiger partial charge in [-0.1, -0.05) is 6.07 Å². The lowest BCUT2D eigenvalue weighted by atomic mass is 9.52. The van der Waals surface area contributed by atoms with E-state index < -0.39 is 5.60 Å². The van der Waals surface area contributed by atoms with Crippen LogP contribution in [-0.4, -0.2) is 71.3 Å². The van der Waals surface area contributed by atoms with Crippen LogP contribution in [0.2, 0.25) is 0 Å². The highest BCUT2D eigenvalue weighted by atomic mass is 16.3. The molecule has 9 heteroatoms. The van der Waals surface area contributed by atoms with Crippen molar-refractivity contribution >= 4 is 23.5 Å². The van der Waals surface area contributed by atoms with Crippen LogP contribution in [0.4, 0.5) is 11.6 Å². The summed E-state index contributed by atoms with van der Waals surface area (Å²) in [7, 11) is 1.61. The van der Waals surface area contributed by atoms with Crippen LogP contribution in [0.1, 0.15) is 59.9 Å². The van der Waals surface area contributed by atoms with Crippen LogP contribution in [0.3, 0.4) is 0 Å². The lowest BCUT2D eigenvalue weighted by molar-refractivity contribution is -0.136. The summed E-state index contributed by atoms with van der Waals surface area (Å²) >= 11 is 0. The van der Waals surface area contributed by atoms with Crippen molar-refractivity contribution in [3.8, 4) is 0 Å². The number of carbonyl (C=O) groups excluding carboxylic acids is 2. The van der Waals surface area contributed by atoms with Crippen LogP contribution < -0.4 is 20.4 Å². The number of amides is 2. The van der Waals surface area contributed by atoms with Gasteiger partial charge in [-0.25, -0.2) is 9.97 Å². The van der Waals surface area contributed by atoms with Gasteiger partial charge in [-0.05, 0) is 81.0 Å². The Hall–Kier alpha value is -3.20. The fraction of sp³-hybridized carbons (Fsp3) is 0.571. The second-order valence-electron chi connectivity index (χ2n) is 11.5. The number of nitrogens with zero attached hydrogens (tertiary/aromatic N) is 4. The zero-order valence-electron chi connectivity index (χ0n) is 21.6. The first kappa shape index (κ1) is 24.2. The van der Waals surface area contributed by atoms with Crippen molar-refractivity contribution < 1.29 is 14.7 Å². The Bertz CT molecular complexity index is 1170. The predicted octanol–water partition coefficient (Wildman–Crippen LogP) is 2.22. The van der Waals surface area contributed by atoms with E-state index in [0.717, 1.165) is 63.4 Å². The van der Waals surface area contributed by atoms with Gasteiger partial charge in [-0.2, -0.15) is 0 Å². The van der Waals surface area contributed by atoms with E-state index >= 15 is 0 Å². The molecule has 7 rings (SSSR count). The van der Waals surface area contributed by atoms with Crippen molar-refractivity contribution in [1.29, 1.82) is 0 Å². The zero-order valence-corrected chi connectivity index (χ0v) is 21.6. The highest BCUT2D eigenvalue weighted by molar-refractivity contribution is 5.94. The molecule has 3 N–H and O–H groups in total. The second kappa shape index (κ2) is 9.28. The SMILES string of the molecule is CNC(=O)c1ccc(N2CCN(c3cccc(C(=O)N[C@H]4C5CC6CC4C[C@](O)(C6)C5)n3)[C@H](C)C2)nc1. The van der Waals surface area contributed by atoms with Crippen molar-refractivity contribution in [3.05, 3.63) is 47.8 Å². The molecule has 1 saturated heterocycles. The quantitative estimate of drug-likeness (QED) is 0.573. The van der Waals surface area contributed by atoms with E-state index in [1.54, 1.807) is 25.4 Å². The van der Waals surface area contributed by atoms with Gasteiger partial charge in [0.15, 0.2) is 0 Å². The number of pyridine rings is 2. The van der Waals surface area contributed by atoms with Gasteiger partial charge < -0.3 is 25.5 Å². The molecule has 0 aromatic carbocycles. The average Bonchev–Trinajstić information content (AvgIpc) is 2.89. The van der Waals surface area contributed by atoms with Crippen LogP contribution in [0.15, 0.2) is 36.5 Å². The zero-order chi connectivity index (χ0) is 25.7. The maximum atomic E-state index is 13.3. The number of aliphatic hydroxyl groups is 1. The molecule has 9 nitrogen and oxygen atoms in total. The summed E-state index contributed by atoms with van der Waals surface area (Å²) in [5.74, 6) is 2.75. The van der Waals surface area contributed by atoms with Crippen LogP contribution in [-0.2, 0) is 0 Å². The van der Waals surface area contributed by atoms with E-state index in [9.17, 15) is 14.7 Å². The van der Waals surface area contributed by atoms with Crippen LogP contribution >= 0.6 is 0 Å². The number of rotatable bonds is 5. The van der Waals surface area contributed by atoms with Crippen LogP contribution in [0, 0.1) is 17.8 Å². The number of piperazine rings is 1. The molecule has 2 aromatic rings. The topological polar surface area (TPSA) is 111 Å². The molecule has 4 saturated carbocycles. The van der Waals surface area contributed by atoms with Crippen molar-refractivity contribution in [2.45, 2.75) is 56.7 Å². The summed E-state index contributed by atoms with van der Waals surface area (Å²) in [5, 5.41) is 16.8. The molecule has 2 unspecified atom stereocenters. The minimum Gasteiger partial charge on any atom is -0.390 e. The van der Waals surface area contributed by atoms with Gasteiger partial charge in [0.25, 0.3) is 11.8 Å². The first-order chi connectivity index (χ1) is 17.8. The van der Waals surface area contributed by atoms with E-state index in [-0.39, 0.29) is 23.9 Å². The highest BCUT2D eigenvalue weighted by Crippen LogP contribution is 2.55. The van der Waals surface area contributed by atoms with E-state index in [1.165, 1.54) is 0 Å². The third-order valence-corrected chi connectivity index (χ3v) is 8.99. The third kappa shape index (κ3) is 4.54. The number of nitrogens with one attached hydrogen (secondary N) is 2. The first-order valence-corrected chi connectivity index (χ1v) is 13.5. The third-order valence-electron chi connectivity index (χ3n) is 8.99. The molecular formula is C28H36N6O3. The number of anilines is 2. The van der Waals surface area contributed by atoms with Gasteiger partial charge >= 0.3 is 0 Å². The number of hydrogen-bond acceptors (Lipinski definition) is 7. The molecule has 196 valence electrons. The summed E-state index contributed by atoms with van der Waals surface area (Å²) in [4.78, 5) is 38.8. The molecule has 37 heavy (non-hydrogen) atoms. The Kier molecular flexibility index (Phi) is 6.06. The standard InChI is InChI=1S/C28H36N6O3/c1-17-16-33(23-7-6-19(15-30-23)26(35)29-2)8-9-34(17)24-5-3-4-22(31-24)27(36)32-25-20-10-18-11-21(25)14-28(37,12-18)13-20/h3-7,15,17-18,20-21,25,37H,8-14,16H2,1-2H3,(H,29,35)(H,32,36)/t17-,18?,20?,21?,25-,28-/m1/s1. The Morgan fingerprint density at radius 1 is 1.03 bits per heavy atom. The fourth-order valence-electron chi connectivity index (χ4n) is 7.51. The minimum atomic E-state index is -0.504. The number of aromatic nitrogens is 2. The maximum Gasteiger partial charge on any atom is 0.270 e. The molecule has 2 aromatic heterocycles. The Morgan fingerprint density at radius 3 is 2.46 bits per heavy atom. The second-order valence-corrected chi connectivity index (χ2v) is 11.5. The summed E-state index contributed by atoms with van der Waals surface area (Å²) in [6.45, 7) is 4.44.